The second-order valence-electron chi connectivity index (χ2n) is 4.16. The van der Waals surface area contributed by atoms with E-state index in [1.807, 2.05) is 0 Å². The number of nitrogens with two attached hydrogens (primary N) is 1. The van der Waals surface area contributed by atoms with Crippen LogP contribution in [0.15, 0.2) is 24.3 Å². The zero-order chi connectivity index (χ0) is 13.7. The van der Waals surface area contributed by atoms with E-state index in [4.69, 9.17) is 12.2 Å². The van der Waals surface area contributed by atoms with Crippen LogP contribution in [-0.2, 0) is 4.79 Å². The Morgan fingerprint density at radius 3 is 2.72 bits per heavy atom. The summed E-state index contributed by atoms with van der Waals surface area (Å²) in [5, 5.41) is 0. The molecule has 4 heteroatoms. The van der Waals surface area contributed by atoms with E-state index in [1.165, 1.54) is 11.0 Å². The molecule has 0 spiro atoms. The van der Waals surface area contributed by atoms with Crippen LogP contribution < -0.4 is 5.73 Å². The zero-order valence-electron chi connectivity index (χ0n) is 10.6. The molecule has 2 unspecified atom stereocenters. The van der Waals surface area contributed by atoms with Crippen molar-refractivity contribution in [1.82, 2.24) is 4.90 Å². The predicted octanol–water partition coefficient (Wildman–Crippen LogP) is 1.70. The van der Waals surface area contributed by atoms with Crippen LogP contribution >= 0.6 is 0 Å². The molecule has 96 valence electrons. The quantitative estimate of drug-likeness (QED) is 0.824. The summed E-state index contributed by atoms with van der Waals surface area (Å²) in [7, 11) is 1.59. The van der Waals surface area contributed by atoms with Crippen LogP contribution in [0.2, 0.25) is 0 Å². The van der Waals surface area contributed by atoms with Crippen molar-refractivity contribution >= 4 is 5.91 Å². The number of hydrogen-bond donors (Lipinski definition) is 1. The van der Waals surface area contributed by atoms with Gasteiger partial charge in [0, 0.05) is 19.0 Å². The van der Waals surface area contributed by atoms with E-state index in [-0.39, 0.29) is 24.2 Å². The summed E-state index contributed by atoms with van der Waals surface area (Å²) in [6.07, 6.45) is 5.29. The van der Waals surface area contributed by atoms with Crippen molar-refractivity contribution in [2.75, 3.05) is 7.05 Å². The van der Waals surface area contributed by atoms with Crippen molar-refractivity contribution in [2.45, 2.75) is 25.4 Å². The molecule has 1 amide bonds. The molecule has 0 bridgehead atoms. The lowest BCUT2D eigenvalue weighted by molar-refractivity contribution is -0.133. The Bertz CT molecular complexity index is 467. The van der Waals surface area contributed by atoms with Gasteiger partial charge in [-0.15, -0.1) is 12.3 Å². The van der Waals surface area contributed by atoms with Gasteiger partial charge in [0.05, 0.1) is 12.1 Å². The number of carbonyl (C=O) groups excluding carboxylic acids is 1. The first kappa shape index (κ1) is 14.2. The van der Waals surface area contributed by atoms with Crippen LogP contribution in [0.4, 0.5) is 4.39 Å². The number of amides is 1. The largest absolute Gasteiger partial charge is 0.338 e. The summed E-state index contributed by atoms with van der Waals surface area (Å²) in [5.74, 6) is 1.72. The summed E-state index contributed by atoms with van der Waals surface area (Å²) in [6, 6.07) is 5.23. The highest BCUT2D eigenvalue weighted by Crippen LogP contribution is 2.22. The highest BCUT2D eigenvalue weighted by Gasteiger charge is 2.23. The number of hydrogen-bond acceptors (Lipinski definition) is 2. The molecule has 2 N–H and O–H groups in total. The van der Waals surface area contributed by atoms with Gasteiger partial charge in [0.25, 0.3) is 0 Å². The number of benzene rings is 1. The van der Waals surface area contributed by atoms with E-state index in [1.54, 1.807) is 32.2 Å². The molecular weight excluding hydrogens is 231 g/mol. The van der Waals surface area contributed by atoms with Gasteiger partial charge < -0.3 is 10.6 Å². The fraction of sp³-hybridized carbons (Fsp3) is 0.357. The average Bonchev–Trinajstić information content (AvgIpc) is 2.37. The smallest absolute Gasteiger partial charge is 0.240 e. The summed E-state index contributed by atoms with van der Waals surface area (Å²) in [6.45, 7) is 1.75. The molecule has 0 saturated heterocycles. The topological polar surface area (TPSA) is 46.3 Å². The molecule has 3 nitrogen and oxygen atoms in total. The molecule has 0 radical (unpaired) electrons. The lowest BCUT2D eigenvalue weighted by Gasteiger charge is -2.27. The lowest BCUT2D eigenvalue weighted by Crippen LogP contribution is -2.42. The van der Waals surface area contributed by atoms with Gasteiger partial charge in [0.1, 0.15) is 5.82 Å². The van der Waals surface area contributed by atoms with Crippen molar-refractivity contribution < 1.29 is 9.18 Å². The maximum Gasteiger partial charge on any atom is 0.240 e. The van der Waals surface area contributed by atoms with Crippen LogP contribution in [0.25, 0.3) is 0 Å². The second kappa shape index (κ2) is 6.18. The summed E-state index contributed by atoms with van der Waals surface area (Å²) in [4.78, 5) is 13.4. The van der Waals surface area contributed by atoms with Crippen molar-refractivity contribution in [1.29, 1.82) is 0 Å². The van der Waals surface area contributed by atoms with E-state index in [9.17, 15) is 9.18 Å². The predicted molar refractivity (Wildman–Crippen MR) is 69.0 cm³/mol. The standard InChI is InChI=1S/C14H17FN2O/c1-4-7-13(16)14(18)17(3)10(2)11-8-5-6-9-12(11)15/h1,5-6,8-10,13H,7,16H2,2-3H3. The van der Waals surface area contributed by atoms with Crippen LogP contribution in [0.5, 0.6) is 0 Å². The van der Waals surface area contributed by atoms with Crippen LogP contribution in [0, 0.1) is 18.2 Å². The third kappa shape index (κ3) is 3.08. The minimum Gasteiger partial charge on any atom is -0.338 e. The fourth-order valence-corrected chi connectivity index (χ4v) is 1.69. The third-order valence-corrected chi connectivity index (χ3v) is 2.94. The molecule has 1 aromatic rings. The molecule has 0 aliphatic rings. The molecule has 0 aliphatic carbocycles. The van der Waals surface area contributed by atoms with Crippen LogP contribution in [-0.4, -0.2) is 23.9 Å². The molecule has 18 heavy (non-hydrogen) atoms. The van der Waals surface area contributed by atoms with Gasteiger partial charge in [0.15, 0.2) is 0 Å². The molecule has 0 saturated carbocycles. The Hall–Kier alpha value is -1.86. The number of halogens is 1. The molecule has 0 fully saturated rings. The molecule has 0 aromatic heterocycles. The normalized spacial score (nSPS) is 13.5. The monoisotopic (exact) mass is 248 g/mol. The third-order valence-electron chi connectivity index (χ3n) is 2.94. The molecule has 0 aliphatic heterocycles. The highest BCUT2D eigenvalue weighted by molar-refractivity contribution is 5.82. The van der Waals surface area contributed by atoms with E-state index in [0.29, 0.717) is 5.56 Å². The van der Waals surface area contributed by atoms with E-state index in [2.05, 4.69) is 5.92 Å². The first-order valence-electron chi connectivity index (χ1n) is 5.69. The summed E-state index contributed by atoms with van der Waals surface area (Å²) < 4.78 is 13.6. The zero-order valence-corrected chi connectivity index (χ0v) is 10.6. The van der Waals surface area contributed by atoms with Crippen LogP contribution in [0.1, 0.15) is 24.9 Å². The molecule has 1 aromatic carbocycles. The van der Waals surface area contributed by atoms with Gasteiger partial charge in [-0.05, 0) is 13.0 Å². The van der Waals surface area contributed by atoms with Gasteiger partial charge in [-0.2, -0.15) is 0 Å². The Morgan fingerprint density at radius 1 is 1.56 bits per heavy atom. The second-order valence-corrected chi connectivity index (χ2v) is 4.16. The number of nitrogens with zero attached hydrogens (tertiary/aromatic N) is 1. The average molecular weight is 248 g/mol. The summed E-state index contributed by atoms with van der Waals surface area (Å²) >= 11 is 0. The van der Waals surface area contributed by atoms with Gasteiger partial charge in [0.2, 0.25) is 5.91 Å². The molecular formula is C14H17FN2O. The van der Waals surface area contributed by atoms with Crippen molar-refractivity contribution in [3.63, 3.8) is 0 Å². The number of carbonyl (C=O) groups is 1. The SMILES string of the molecule is C#CCC(N)C(=O)N(C)C(C)c1ccccc1F. The maximum absolute atomic E-state index is 13.6. The van der Waals surface area contributed by atoms with Gasteiger partial charge in [-0.25, -0.2) is 4.39 Å². The molecule has 0 heterocycles. The number of terminal acetylenes is 1. The van der Waals surface area contributed by atoms with E-state index in [0.717, 1.165) is 0 Å². The Kier molecular flexibility index (Phi) is 4.87. The minimum atomic E-state index is -0.741. The Morgan fingerprint density at radius 2 is 2.17 bits per heavy atom. The van der Waals surface area contributed by atoms with Crippen molar-refractivity contribution in [2.24, 2.45) is 5.73 Å². The summed E-state index contributed by atoms with van der Waals surface area (Å²) in [5.41, 5.74) is 6.11. The van der Waals surface area contributed by atoms with Crippen LogP contribution in [0.3, 0.4) is 0 Å². The number of rotatable bonds is 4. The van der Waals surface area contributed by atoms with Gasteiger partial charge in [-0.3, -0.25) is 4.79 Å². The fourth-order valence-electron chi connectivity index (χ4n) is 1.69. The van der Waals surface area contributed by atoms with Gasteiger partial charge in [-0.1, -0.05) is 18.2 Å². The first-order chi connectivity index (χ1) is 8.49. The Balaban J connectivity index is 2.85. The highest BCUT2D eigenvalue weighted by atomic mass is 19.1. The number of likely N-dealkylation sites (N-methyl/N-ethyl adjacent to an activating group) is 1. The van der Waals surface area contributed by atoms with E-state index < -0.39 is 6.04 Å². The molecule has 1 rings (SSSR count). The Labute approximate surface area is 107 Å². The lowest BCUT2D eigenvalue weighted by atomic mass is 10.1. The first-order valence-corrected chi connectivity index (χ1v) is 5.69. The molecule has 2 atom stereocenters. The maximum atomic E-state index is 13.6. The minimum absolute atomic E-state index is 0.174. The van der Waals surface area contributed by atoms with E-state index >= 15 is 0 Å². The van der Waals surface area contributed by atoms with Gasteiger partial charge >= 0.3 is 0 Å². The van der Waals surface area contributed by atoms with Crippen molar-refractivity contribution in [3.05, 3.63) is 35.6 Å². The van der Waals surface area contributed by atoms with Crippen molar-refractivity contribution in [3.8, 4) is 12.3 Å².